The smallest absolute Gasteiger partial charge is 0.226 e. The summed E-state index contributed by atoms with van der Waals surface area (Å²) in [6, 6.07) is 15.0. The van der Waals surface area contributed by atoms with Gasteiger partial charge in [0.05, 0.1) is 65.3 Å². The van der Waals surface area contributed by atoms with E-state index in [4.69, 9.17) is 37.7 Å². The number of benzene rings is 3. The summed E-state index contributed by atoms with van der Waals surface area (Å²) in [7, 11) is 0. The zero-order valence-corrected chi connectivity index (χ0v) is 33.1. The Morgan fingerprint density at radius 3 is 2.59 bits per heavy atom. The van der Waals surface area contributed by atoms with Crippen LogP contribution in [0.15, 0.2) is 54.6 Å². The molecule has 58 heavy (non-hydrogen) atoms. The summed E-state index contributed by atoms with van der Waals surface area (Å²) in [5.74, 6) is -1.62. The zero-order valence-electron chi connectivity index (χ0n) is 31.5. The van der Waals surface area contributed by atoms with E-state index in [0.29, 0.717) is 54.2 Å². The number of likely N-dealkylation sites (tertiary alicyclic amines) is 1. The molecule has 5 aromatic rings. The van der Waals surface area contributed by atoms with Crippen molar-refractivity contribution in [1.82, 2.24) is 19.8 Å². The second-order valence-corrected chi connectivity index (χ2v) is 17.0. The monoisotopic (exact) mass is 825 g/mol. The molecule has 5 fully saturated rings. The molecule has 8 nitrogen and oxygen atoms in total. The van der Waals surface area contributed by atoms with E-state index >= 15 is 4.39 Å². The molecule has 2 saturated carbocycles. The number of hydrogen-bond donors (Lipinski definition) is 1. The fraction of sp³-hybridized carbons (Fsp3) is 0.400. The molecule has 2 bridgehead atoms. The minimum absolute atomic E-state index is 0.0210. The van der Waals surface area contributed by atoms with E-state index in [1.54, 1.807) is 18.2 Å². The number of nitrogens with one attached hydrogen (secondary N) is 1. The van der Waals surface area contributed by atoms with Crippen LogP contribution in [0.25, 0.3) is 38.5 Å². The molecule has 5 atom stereocenters. The number of carbonyl (C=O) groups excluding carboxylic acids is 1. The maximum absolute atomic E-state index is 17.7. The number of aromatic nitrogens is 2. The van der Waals surface area contributed by atoms with Crippen LogP contribution >= 0.6 is 23.2 Å². The number of ether oxygens (including phenoxy) is 2. The second-order valence-electron chi connectivity index (χ2n) is 16.2. The van der Waals surface area contributed by atoms with Gasteiger partial charge < -0.3 is 24.3 Å². The summed E-state index contributed by atoms with van der Waals surface area (Å²) in [6.45, 7) is 1.73. The first-order chi connectivity index (χ1) is 28.2. The molecular weight excluding hydrogens is 786 g/mol. The van der Waals surface area contributed by atoms with Crippen molar-refractivity contribution >= 4 is 56.5 Å². The van der Waals surface area contributed by atoms with Crippen molar-refractivity contribution in [3.63, 3.8) is 0 Å². The summed E-state index contributed by atoms with van der Waals surface area (Å²) >= 11 is 13.2. The van der Waals surface area contributed by atoms with Crippen molar-refractivity contribution < 1.29 is 27.4 Å². The first-order valence-electron chi connectivity index (χ1n) is 20.1. The third kappa shape index (κ3) is 6.31. The fourth-order valence-corrected chi connectivity index (χ4v) is 10.2. The first-order valence-corrected chi connectivity index (χ1v) is 20.8. The number of nitriles is 1. The molecule has 5 unspecified atom stereocenters. The van der Waals surface area contributed by atoms with Crippen LogP contribution in [0, 0.1) is 40.6 Å². The minimum atomic E-state index is -0.676. The Morgan fingerprint density at radius 1 is 1.07 bits per heavy atom. The number of aryl methyl sites for hydroxylation is 1. The molecule has 11 rings (SSSR count). The number of carbonyl (C=O) groups is 1. The Morgan fingerprint density at radius 2 is 1.88 bits per heavy atom. The number of amides is 1. The average molecular weight is 827 g/mol. The maximum Gasteiger partial charge on any atom is 0.226 e. The van der Waals surface area contributed by atoms with Crippen LogP contribution in [0.4, 0.5) is 13.2 Å². The average Bonchev–Trinajstić information content (AvgIpc) is 3.50. The Balaban J connectivity index is 1.21. The van der Waals surface area contributed by atoms with E-state index in [9.17, 15) is 18.8 Å². The normalized spacial score (nSPS) is 24.0. The van der Waals surface area contributed by atoms with E-state index in [0.717, 1.165) is 48.0 Å². The standard InChI is InChI=1S/C45H40Cl2F3N5O3/c46-32-6-1-5-28(39(32)47)38-25(4-3-13-51)16-29-42(40(38)50)53-41(23-11-14-57-15-12-23)30-19-37(55(44(29)30)43-26-17-35(43)52-20-26)36-18-27(21-54(36)45(56)24-9-10-24)58-22-31-33(48)7-2-8-34(31)49/h1-2,5-8,11,16,19,24,26-27,35-36,43,52H,3-4,9-10,12,14-15,17-18,20-22H2. The molecule has 3 saturated heterocycles. The van der Waals surface area contributed by atoms with Crippen molar-refractivity contribution in [3.05, 3.63) is 105 Å². The van der Waals surface area contributed by atoms with E-state index in [1.165, 1.54) is 18.2 Å². The predicted octanol–water partition coefficient (Wildman–Crippen LogP) is 9.64. The lowest BCUT2D eigenvalue weighted by molar-refractivity contribution is -0.134. The topological polar surface area (TPSA) is 92.4 Å². The highest BCUT2D eigenvalue weighted by molar-refractivity contribution is 6.43. The summed E-state index contributed by atoms with van der Waals surface area (Å²) in [4.78, 5) is 21.2. The molecule has 298 valence electrons. The molecular formula is C45H40Cl2F3N5O3. The van der Waals surface area contributed by atoms with Gasteiger partial charge in [-0.15, -0.1) is 0 Å². The molecule has 0 radical (unpaired) electrons. The molecule has 0 spiro atoms. The van der Waals surface area contributed by atoms with Gasteiger partial charge in [0.25, 0.3) is 0 Å². The summed E-state index contributed by atoms with van der Waals surface area (Å²) in [6.07, 6.45) is 5.55. The van der Waals surface area contributed by atoms with Crippen LogP contribution < -0.4 is 5.32 Å². The summed E-state index contributed by atoms with van der Waals surface area (Å²) in [5.41, 5.74) is 4.66. The predicted molar refractivity (Wildman–Crippen MR) is 216 cm³/mol. The highest BCUT2D eigenvalue weighted by Gasteiger charge is 2.51. The highest BCUT2D eigenvalue weighted by atomic mass is 35.5. The van der Waals surface area contributed by atoms with E-state index in [1.807, 2.05) is 17.0 Å². The van der Waals surface area contributed by atoms with Gasteiger partial charge in [-0.3, -0.25) is 4.79 Å². The number of halogens is 5. The molecule has 6 heterocycles. The Bertz CT molecular complexity index is 2550. The van der Waals surface area contributed by atoms with Crippen LogP contribution in [0.3, 0.4) is 0 Å². The number of rotatable bonds is 10. The third-order valence-corrected chi connectivity index (χ3v) is 13.7. The second kappa shape index (κ2) is 15.0. The quantitative estimate of drug-likeness (QED) is 0.151. The molecule has 6 aliphatic rings. The molecule has 2 aliphatic carbocycles. The van der Waals surface area contributed by atoms with Crippen LogP contribution in [-0.4, -0.2) is 58.8 Å². The first kappa shape index (κ1) is 37.8. The van der Waals surface area contributed by atoms with E-state index < -0.39 is 29.6 Å². The van der Waals surface area contributed by atoms with Crippen LogP contribution in [0.5, 0.6) is 0 Å². The molecule has 13 heteroatoms. The van der Waals surface area contributed by atoms with E-state index in [-0.39, 0.29) is 76.6 Å². The van der Waals surface area contributed by atoms with Crippen LogP contribution in [0.2, 0.25) is 10.0 Å². The van der Waals surface area contributed by atoms with Crippen molar-refractivity contribution in [3.8, 4) is 17.2 Å². The van der Waals surface area contributed by atoms with Gasteiger partial charge in [0, 0.05) is 71.0 Å². The molecule has 3 aromatic carbocycles. The van der Waals surface area contributed by atoms with Crippen molar-refractivity contribution in [2.75, 3.05) is 26.3 Å². The lowest BCUT2D eigenvalue weighted by atomic mass is 9.79. The highest BCUT2D eigenvalue weighted by Crippen LogP contribution is 2.52. The SMILES string of the molecule is N#CCCc1cc2c(nc(C3=CCOCC3)c3cc(C4CC(OCc5c(F)cccc5F)CN4C(=O)C4CC4)n(C4C5CNC4C5)c32)c(F)c1-c1cccc(Cl)c1Cl. The number of hydrogen-bond acceptors (Lipinski definition) is 6. The van der Waals surface area contributed by atoms with Gasteiger partial charge in [0.15, 0.2) is 5.82 Å². The van der Waals surface area contributed by atoms with Gasteiger partial charge in [0.1, 0.15) is 17.2 Å². The minimum Gasteiger partial charge on any atom is -0.377 e. The van der Waals surface area contributed by atoms with Gasteiger partial charge in [-0.2, -0.15) is 5.26 Å². The van der Waals surface area contributed by atoms with Gasteiger partial charge in [0.2, 0.25) is 5.91 Å². The summed E-state index contributed by atoms with van der Waals surface area (Å²) < 4.78 is 61.4. The van der Waals surface area contributed by atoms with E-state index in [2.05, 4.69) is 22.0 Å². The largest absolute Gasteiger partial charge is 0.377 e. The van der Waals surface area contributed by atoms with Crippen molar-refractivity contribution in [2.45, 2.75) is 75.8 Å². The lowest BCUT2D eigenvalue weighted by Gasteiger charge is -2.39. The van der Waals surface area contributed by atoms with Crippen molar-refractivity contribution in [1.29, 1.82) is 5.26 Å². The molecule has 4 aliphatic heterocycles. The lowest BCUT2D eigenvalue weighted by Crippen LogP contribution is -2.41. The van der Waals surface area contributed by atoms with Gasteiger partial charge >= 0.3 is 0 Å². The maximum atomic E-state index is 17.7. The zero-order chi connectivity index (χ0) is 39.8. The van der Waals surface area contributed by atoms with Gasteiger partial charge in [-0.25, -0.2) is 18.2 Å². The van der Waals surface area contributed by atoms with Gasteiger partial charge in [-0.05, 0) is 79.5 Å². The van der Waals surface area contributed by atoms with Crippen LogP contribution in [-0.2, 0) is 27.3 Å². The molecule has 1 amide bonds. The third-order valence-electron chi connectivity index (χ3n) is 12.8. The van der Waals surface area contributed by atoms with Gasteiger partial charge in [-0.1, -0.05) is 47.5 Å². The molecule has 1 N–H and O–H groups in total. The van der Waals surface area contributed by atoms with Crippen LogP contribution in [0.1, 0.15) is 73.1 Å². The molecule has 2 aromatic heterocycles. The fourth-order valence-electron chi connectivity index (χ4n) is 9.81. The Labute approximate surface area is 343 Å². The number of pyridine rings is 1. The number of fused-ring (bicyclic) bond motifs is 4. The summed E-state index contributed by atoms with van der Waals surface area (Å²) in [5, 5.41) is 15.4. The Kier molecular flexibility index (Phi) is 9.77. The number of nitrogens with zero attached hydrogens (tertiary/aromatic N) is 4. The van der Waals surface area contributed by atoms with Crippen molar-refractivity contribution in [2.24, 2.45) is 11.8 Å². The Hall–Kier alpha value is -4.44.